The zero-order chi connectivity index (χ0) is 13.8. The molecule has 0 bridgehead atoms. The van der Waals surface area contributed by atoms with Crippen molar-refractivity contribution in [2.45, 2.75) is 25.8 Å². The molecule has 0 fully saturated rings. The number of nitrogens with two attached hydrogens (primary N) is 1. The van der Waals surface area contributed by atoms with Crippen molar-refractivity contribution >= 4 is 0 Å². The van der Waals surface area contributed by atoms with Crippen LogP contribution in [0.15, 0.2) is 42.6 Å². The number of hydrogen-bond acceptors (Lipinski definition) is 3. The summed E-state index contributed by atoms with van der Waals surface area (Å²) in [6.07, 6.45) is 1.20. The van der Waals surface area contributed by atoms with Crippen molar-refractivity contribution in [3.63, 3.8) is 0 Å². The summed E-state index contributed by atoms with van der Waals surface area (Å²) < 4.78 is 12.9. The van der Waals surface area contributed by atoms with Gasteiger partial charge in [0.25, 0.3) is 0 Å². The van der Waals surface area contributed by atoms with E-state index in [1.165, 1.54) is 17.8 Å². The van der Waals surface area contributed by atoms with Gasteiger partial charge >= 0.3 is 0 Å². The van der Waals surface area contributed by atoms with Crippen molar-refractivity contribution in [3.8, 4) is 0 Å². The van der Waals surface area contributed by atoms with E-state index in [0.717, 1.165) is 5.56 Å². The number of pyridine rings is 1. The summed E-state index contributed by atoms with van der Waals surface area (Å²) in [5.74, 6) is 5.73. The molecular formula is C15H18FN3. The molecule has 3 N–H and O–H groups in total. The van der Waals surface area contributed by atoms with Crippen LogP contribution >= 0.6 is 0 Å². The predicted molar refractivity (Wildman–Crippen MR) is 73.9 cm³/mol. The molecule has 2 aromatic rings. The van der Waals surface area contributed by atoms with Crippen LogP contribution in [-0.2, 0) is 0 Å². The molecule has 0 aliphatic rings. The minimum absolute atomic E-state index is 0.234. The van der Waals surface area contributed by atoms with Crippen LogP contribution in [0.25, 0.3) is 0 Å². The van der Waals surface area contributed by atoms with Crippen molar-refractivity contribution in [1.82, 2.24) is 10.4 Å². The van der Waals surface area contributed by atoms with E-state index in [0.29, 0.717) is 11.6 Å². The monoisotopic (exact) mass is 259 g/mol. The third kappa shape index (κ3) is 3.16. The molecule has 100 valence electrons. The molecule has 1 atom stereocenters. The number of hydrazine groups is 1. The largest absolute Gasteiger partial charge is 0.271 e. The zero-order valence-corrected chi connectivity index (χ0v) is 11.1. The Morgan fingerprint density at radius 1 is 1.05 bits per heavy atom. The molecule has 0 aliphatic heterocycles. The molecule has 1 aromatic carbocycles. The van der Waals surface area contributed by atoms with Crippen LogP contribution in [0.5, 0.6) is 0 Å². The normalized spacial score (nSPS) is 12.7. The Morgan fingerprint density at radius 3 is 2.16 bits per heavy atom. The van der Waals surface area contributed by atoms with Crippen LogP contribution in [0, 0.1) is 5.82 Å². The second kappa shape index (κ2) is 5.91. The summed E-state index contributed by atoms with van der Waals surface area (Å²) in [4.78, 5) is 4.07. The summed E-state index contributed by atoms with van der Waals surface area (Å²) in [6, 6.07) is 11.0. The van der Waals surface area contributed by atoms with E-state index in [4.69, 9.17) is 5.84 Å². The van der Waals surface area contributed by atoms with Gasteiger partial charge < -0.3 is 0 Å². The molecule has 0 spiro atoms. The Bertz CT molecular complexity index is 520. The highest BCUT2D eigenvalue weighted by Gasteiger charge is 2.14. The van der Waals surface area contributed by atoms with Gasteiger partial charge in [-0.1, -0.05) is 38.1 Å². The summed E-state index contributed by atoms with van der Waals surface area (Å²) in [6.45, 7) is 4.30. The average Bonchev–Trinajstić information content (AvgIpc) is 2.42. The van der Waals surface area contributed by atoms with Crippen LogP contribution in [0.3, 0.4) is 0 Å². The Kier molecular flexibility index (Phi) is 4.24. The van der Waals surface area contributed by atoms with Crippen LogP contribution < -0.4 is 11.3 Å². The molecular weight excluding hydrogens is 241 g/mol. The van der Waals surface area contributed by atoms with E-state index in [-0.39, 0.29) is 11.9 Å². The van der Waals surface area contributed by atoms with Crippen molar-refractivity contribution in [2.75, 3.05) is 0 Å². The number of benzene rings is 1. The molecule has 0 radical (unpaired) electrons. The molecule has 1 heterocycles. The first-order chi connectivity index (χ1) is 9.11. The Morgan fingerprint density at radius 2 is 1.68 bits per heavy atom. The zero-order valence-electron chi connectivity index (χ0n) is 11.1. The summed E-state index contributed by atoms with van der Waals surface area (Å²) >= 11 is 0. The van der Waals surface area contributed by atoms with E-state index >= 15 is 0 Å². The molecule has 0 saturated carbocycles. The van der Waals surface area contributed by atoms with Gasteiger partial charge in [0.2, 0.25) is 0 Å². The van der Waals surface area contributed by atoms with E-state index in [2.05, 4.69) is 36.4 Å². The lowest BCUT2D eigenvalue weighted by Crippen LogP contribution is -2.29. The lowest BCUT2D eigenvalue weighted by molar-refractivity contribution is 0.596. The predicted octanol–water partition coefficient (Wildman–Crippen LogP) is 2.90. The standard InChI is InChI=1S/C15H18FN3/c1-10(2)11-3-5-12(6-4-11)15(19-17)14-8-7-13(16)9-18-14/h3-10,15,19H,17H2,1-2H3. The number of aromatic nitrogens is 1. The average molecular weight is 259 g/mol. The fourth-order valence-corrected chi connectivity index (χ4v) is 1.98. The highest BCUT2D eigenvalue weighted by Crippen LogP contribution is 2.22. The first-order valence-corrected chi connectivity index (χ1v) is 6.29. The van der Waals surface area contributed by atoms with Gasteiger partial charge in [-0.05, 0) is 29.2 Å². The molecule has 0 amide bonds. The highest BCUT2D eigenvalue weighted by atomic mass is 19.1. The van der Waals surface area contributed by atoms with Gasteiger partial charge in [-0.2, -0.15) is 0 Å². The first kappa shape index (κ1) is 13.6. The van der Waals surface area contributed by atoms with Crippen molar-refractivity contribution in [2.24, 2.45) is 5.84 Å². The smallest absolute Gasteiger partial charge is 0.141 e. The second-order valence-electron chi connectivity index (χ2n) is 4.82. The maximum atomic E-state index is 12.9. The quantitative estimate of drug-likeness (QED) is 0.655. The van der Waals surface area contributed by atoms with Gasteiger partial charge in [0.15, 0.2) is 0 Å². The van der Waals surface area contributed by atoms with E-state index < -0.39 is 0 Å². The molecule has 19 heavy (non-hydrogen) atoms. The third-order valence-corrected chi connectivity index (χ3v) is 3.15. The second-order valence-corrected chi connectivity index (χ2v) is 4.82. The van der Waals surface area contributed by atoms with Gasteiger partial charge in [0.05, 0.1) is 17.9 Å². The number of hydrogen-bond donors (Lipinski definition) is 2. The minimum Gasteiger partial charge on any atom is -0.271 e. The molecule has 4 heteroatoms. The Hall–Kier alpha value is -1.78. The fourth-order valence-electron chi connectivity index (χ4n) is 1.98. The molecule has 0 aliphatic carbocycles. The molecule has 0 saturated heterocycles. The lowest BCUT2D eigenvalue weighted by atomic mass is 9.98. The van der Waals surface area contributed by atoms with Crippen LogP contribution in [0.1, 0.15) is 42.6 Å². The van der Waals surface area contributed by atoms with E-state index in [1.54, 1.807) is 6.07 Å². The van der Waals surface area contributed by atoms with Gasteiger partial charge in [-0.15, -0.1) is 0 Å². The Labute approximate surface area is 112 Å². The van der Waals surface area contributed by atoms with Crippen molar-refractivity contribution in [3.05, 3.63) is 65.2 Å². The first-order valence-electron chi connectivity index (χ1n) is 6.29. The van der Waals surface area contributed by atoms with Gasteiger partial charge in [0.1, 0.15) is 5.82 Å². The topological polar surface area (TPSA) is 50.9 Å². The molecule has 1 aromatic heterocycles. The summed E-state index contributed by atoms with van der Waals surface area (Å²) in [5, 5.41) is 0. The van der Waals surface area contributed by atoms with E-state index in [1.807, 2.05) is 12.1 Å². The molecule has 1 unspecified atom stereocenters. The molecule has 2 rings (SSSR count). The summed E-state index contributed by atoms with van der Waals surface area (Å²) in [7, 11) is 0. The van der Waals surface area contributed by atoms with E-state index in [9.17, 15) is 4.39 Å². The molecule has 3 nitrogen and oxygen atoms in total. The maximum Gasteiger partial charge on any atom is 0.141 e. The number of halogens is 1. The number of rotatable bonds is 4. The van der Waals surface area contributed by atoms with Crippen LogP contribution in [-0.4, -0.2) is 4.98 Å². The number of nitrogens with zero attached hydrogens (tertiary/aromatic N) is 1. The van der Waals surface area contributed by atoms with Crippen LogP contribution in [0.2, 0.25) is 0 Å². The number of nitrogens with one attached hydrogen (secondary N) is 1. The van der Waals surface area contributed by atoms with Crippen molar-refractivity contribution < 1.29 is 4.39 Å². The fraction of sp³-hybridized carbons (Fsp3) is 0.267. The SMILES string of the molecule is CC(C)c1ccc(C(NN)c2ccc(F)cn2)cc1. The van der Waals surface area contributed by atoms with Crippen LogP contribution in [0.4, 0.5) is 4.39 Å². The Balaban J connectivity index is 2.28. The van der Waals surface area contributed by atoms with Gasteiger partial charge in [-0.25, -0.2) is 9.82 Å². The maximum absolute atomic E-state index is 12.9. The third-order valence-electron chi connectivity index (χ3n) is 3.15. The highest BCUT2D eigenvalue weighted by molar-refractivity contribution is 5.31. The summed E-state index contributed by atoms with van der Waals surface area (Å²) in [5.41, 5.74) is 5.69. The minimum atomic E-state index is -0.352. The lowest BCUT2D eigenvalue weighted by Gasteiger charge is -2.16. The van der Waals surface area contributed by atoms with Crippen molar-refractivity contribution in [1.29, 1.82) is 0 Å². The van der Waals surface area contributed by atoms with Gasteiger partial charge in [-0.3, -0.25) is 10.8 Å². The van der Waals surface area contributed by atoms with Gasteiger partial charge in [0, 0.05) is 0 Å².